The average molecular weight is 353 g/mol. The van der Waals surface area contributed by atoms with Gasteiger partial charge in [0.2, 0.25) is 5.91 Å². The third kappa shape index (κ3) is 3.88. The summed E-state index contributed by atoms with van der Waals surface area (Å²) >= 11 is 3.04. The van der Waals surface area contributed by atoms with Crippen molar-refractivity contribution in [3.8, 4) is 0 Å². The normalized spacial score (nSPS) is 11.9. The summed E-state index contributed by atoms with van der Waals surface area (Å²) in [7, 11) is 0. The van der Waals surface area contributed by atoms with E-state index >= 15 is 0 Å². The molecule has 0 aliphatic carbocycles. The van der Waals surface area contributed by atoms with E-state index in [1.165, 1.54) is 10.9 Å². The molecule has 0 aliphatic heterocycles. The third-order valence-electron chi connectivity index (χ3n) is 2.85. The van der Waals surface area contributed by atoms with Gasteiger partial charge < -0.3 is 15.4 Å². The number of nitrogens with zero attached hydrogens (tertiary/aromatic N) is 3. The Kier molecular flexibility index (Phi) is 4.69. The van der Waals surface area contributed by atoms with Crippen molar-refractivity contribution in [2.24, 2.45) is 0 Å². The largest absolute Gasteiger partial charge is 0.404 e. The molecule has 0 aliphatic rings. The number of hydrogen-bond donors (Lipinski definition) is 1. The lowest BCUT2D eigenvalue weighted by Crippen LogP contribution is -2.30. The second-order valence-electron chi connectivity index (χ2n) is 4.46. The molecule has 0 unspecified atom stereocenters. The molecule has 2 aromatic rings. The lowest BCUT2D eigenvalue weighted by molar-refractivity contribution is -0.390. The van der Waals surface area contributed by atoms with Crippen molar-refractivity contribution in [2.75, 3.05) is 0 Å². The molecule has 0 spiro atoms. The van der Waals surface area contributed by atoms with Crippen LogP contribution in [-0.2, 0) is 11.3 Å². The van der Waals surface area contributed by atoms with Gasteiger partial charge in [-0.3, -0.25) is 4.79 Å². The van der Waals surface area contributed by atoms with E-state index in [4.69, 9.17) is 0 Å². The number of halogens is 1. The molecule has 0 radical (unpaired) electrons. The quantitative estimate of drug-likeness (QED) is 0.660. The molecule has 1 heterocycles. The number of benzene rings is 1. The van der Waals surface area contributed by atoms with E-state index < -0.39 is 4.92 Å². The second-order valence-corrected chi connectivity index (χ2v) is 5.31. The minimum atomic E-state index is -0.606. The SMILES string of the molecule is C[C@H](NC(=O)Cn1cc(Br)c([N+](=O)[O-])n1)c1ccccc1. The van der Waals surface area contributed by atoms with E-state index in [0.717, 1.165) is 5.56 Å². The van der Waals surface area contributed by atoms with Gasteiger partial charge in [-0.05, 0) is 33.3 Å². The maximum absolute atomic E-state index is 11.9. The highest BCUT2D eigenvalue weighted by molar-refractivity contribution is 9.10. The number of aromatic nitrogens is 2. The third-order valence-corrected chi connectivity index (χ3v) is 3.41. The number of rotatable bonds is 5. The summed E-state index contributed by atoms with van der Waals surface area (Å²) < 4.78 is 1.48. The molecule has 1 N–H and O–H groups in total. The Morgan fingerprint density at radius 1 is 1.48 bits per heavy atom. The van der Waals surface area contributed by atoms with Crippen molar-refractivity contribution in [1.82, 2.24) is 15.1 Å². The average Bonchev–Trinajstić information content (AvgIpc) is 2.80. The molecular weight excluding hydrogens is 340 g/mol. The lowest BCUT2D eigenvalue weighted by atomic mass is 10.1. The fraction of sp³-hybridized carbons (Fsp3) is 0.231. The van der Waals surface area contributed by atoms with E-state index in [2.05, 4.69) is 26.3 Å². The summed E-state index contributed by atoms with van der Waals surface area (Å²) in [6, 6.07) is 9.38. The Hall–Kier alpha value is -2.22. The zero-order chi connectivity index (χ0) is 15.4. The maximum Gasteiger partial charge on any atom is 0.404 e. The van der Waals surface area contributed by atoms with Gasteiger partial charge in [0.25, 0.3) is 0 Å². The fourth-order valence-electron chi connectivity index (χ4n) is 1.85. The van der Waals surface area contributed by atoms with Crippen LogP contribution in [0.5, 0.6) is 0 Å². The van der Waals surface area contributed by atoms with E-state index in [1.54, 1.807) is 0 Å². The van der Waals surface area contributed by atoms with Crippen molar-refractivity contribution in [2.45, 2.75) is 19.5 Å². The molecule has 0 fully saturated rings. The molecule has 0 bridgehead atoms. The molecule has 1 amide bonds. The first-order chi connectivity index (χ1) is 9.97. The molecule has 7 nitrogen and oxygen atoms in total. The predicted molar refractivity (Wildman–Crippen MR) is 79.6 cm³/mol. The Labute approximate surface area is 129 Å². The first-order valence-electron chi connectivity index (χ1n) is 6.19. The zero-order valence-electron chi connectivity index (χ0n) is 11.2. The summed E-state index contributed by atoms with van der Waals surface area (Å²) in [5.74, 6) is -0.574. The van der Waals surface area contributed by atoms with Crippen LogP contribution in [0, 0.1) is 10.1 Å². The van der Waals surface area contributed by atoms with Gasteiger partial charge in [0.05, 0.1) is 17.3 Å². The topological polar surface area (TPSA) is 90.1 Å². The van der Waals surface area contributed by atoms with Gasteiger partial charge in [-0.15, -0.1) is 0 Å². The Morgan fingerprint density at radius 2 is 2.14 bits per heavy atom. The molecule has 0 saturated carbocycles. The van der Waals surface area contributed by atoms with Gasteiger partial charge in [-0.25, -0.2) is 0 Å². The number of hydrogen-bond acceptors (Lipinski definition) is 4. The highest BCUT2D eigenvalue weighted by Crippen LogP contribution is 2.21. The van der Waals surface area contributed by atoms with E-state index in [0.29, 0.717) is 0 Å². The standard InChI is InChI=1S/C13H13BrN4O3/c1-9(10-5-3-2-4-6-10)15-12(19)8-17-7-11(14)13(16-17)18(20)21/h2-7,9H,8H2,1H3,(H,15,19)/t9-/m0/s1. The van der Waals surface area contributed by atoms with Gasteiger partial charge in [-0.2, -0.15) is 4.68 Å². The smallest absolute Gasteiger partial charge is 0.358 e. The van der Waals surface area contributed by atoms with Gasteiger partial charge in [0.1, 0.15) is 11.0 Å². The monoisotopic (exact) mass is 352 g/mol. The molecular formula is C13H13BrN4O3. The van der Waals surface area contributed by atoms with Crippen LogP contribution < -0.4 is 5.32 Å². The van der Waals surface area contributed by atoms with Crippen LogP contribution >= 0.6 is 15.9 Å². The van der Waals surface area contributed by atoms with Crippen molar-refractivity contribution in [1.29, 1.82) is 0 Å². The second kappa shape index (κ2) is 6.49. The van der Waals surface area contributed by atoms with Crippen LogP contribution in [0.15, 0.2) is 41.0 Å². The maximum atomic E-state index is 11.9. The summed E-state index contributed by atoms with van der Waals surface area (Å²) in [5, 5.41) is 17.2. The molecule has 1 atom stereocenters. The number of carbonyl (C=O) groups excluding carboxylic acids is 1. The van der Waals surface area contributed by atoms with Gasteiger partial charge in [0.15, 0.2) is 0 Å². The Bertz CT molecular complexity index is 657. The Balaban J connectivity index is 1.99. The van der Waals surface area contributed by atoms with Crippen LogP contribution in [0.1, 0.15) is 18.5 Å². The molecule has 8 heteroatoms. The summed E-state index contributed by atoms with van der Waals surface area (Å²) in [6.45, 7) is 1.79. The van der Waals surface area contributed by atoms with E-state index in [-0.39, 0.29) is 28.8 Å². The van der Waals surface area contributed by atoms with Crippen LogP contribution in [0.4, 0.5) is 5.82 Å². The molecule has 110 valence electrons. The van der Waals surface area contributed by atoms with Crippen LogP contribution in [0.2, 0.25) is 0 Å². The minimum absolute atomic E-state index is 0.0797. The van der Waals surface area contributed by atoms with Crippen LogP contribution in [0.3, 0.4) is 0 Å². The summed E-state index contributed by atoms with van der Waals surface area (Å²) in [6.07, 6.45) is 1.41. The molecule has 21 heavy (non-hydrogen) atoms. The summed E-state index contributed by atoms with van der Waals surface area (Å²) in [4.78, 5) is 22.0. The van der Waals surface area contributed by atoms with Crippen molar-refractivity contribution in [3.05, 3.63) is 56.7 Å². The van der Waals surface area contributed by atoms with Gasteiger partial charge in [-0.1, -0.05) is 30.3 Å². The predicted octanol–water partition coefficient (Wildman–Crippen LogP) is 2.43. The first-order valence-corrected chi connectivity index (χ1v) is 6.98. The van der Waals surface area contributed by atoms with E-state index in [1.807, 2.05) is 37.3 Å². The van der Waals surface area contributed by atoms with Crippen molar-refractivity contribution < 1.29 is 9.72 Å². The van der Waals surface area contributed by atoms with E-state index in [9.17, 15) is 14.9 Å². The molecule has 1 aromatic heterocycles. The Morgan fingerprint density at radius 3 is 2.71 bits per heavy atom. The van der Waals surface area contributed by atoms with Crippen LogP contribution in [0.25, 0.3) is 0 Å². The molecule has 0 saturated heterocycles. The minimum Gasteiger partial charge on any atom is -0.358 e. The molecule has 2 rings (SSSR count). The summed E-state index contributed by atoms with van der Waals surface area (Å²) in [5.41, 5.74) is 0.985. The highest BCUT2D eigenvalue weighted by atomic mass is 79.9. The highest BCUT2D eigenvalue weighted by Gasteiger charge is 2.20. The first kappa shape index (κ1) is 15.2. The number of nitro groups is 1. The lowest BCUT2D eigenvalue weighted by Gasteiger charge is -2.13. The number of amides is 1. The van der Waals surface area contributed by atoms with Crippen molar-refractivity contribution >= 4 is 27.7 Å². The number of carbonyl (C=O) groups is 1. The van der Waals surface area contributed by atoms with Crippen molar-refractivity contribution in [3.63, 3.8) is 0 Å². The van der Waals surface area contributed by atoms with Gasteiger partial charge >= 0.3 is 5.82 Å². The zero-order valence-corrected chi connectivity index (χ0v) is 12.8. The number of nitrogens with one attached hydrogen (secondary N) is 1. The fourth-order valence-corrected chi connectivity index (χ4v) is 2.31. The molecule has 1 aromatic carbocycles. The van der Waals surface area contributed by atoms with Gasteiger partial charge in [0, 0.05) is 0 Å². The van der Waals surface area contributed by atoms with Crippen LogP contribution in [-0.4, -0.2) is 20.6 Å².